The Balaban J connectivity index is 1.44. The number of pyridine rings is 2. The summed E-state index contributed by atoms with van der Waals surface area (Å²) in [6, 6.07) is 39.9. The van der Waals surface area contributed by atoms with Crippen LogP contribution in [-0.4, -0.2) is 19.1 Å². The molecule has 5 heteroatoms. The van der Waals surface area contributed by atoms with Gasteiger partial charge in [-0.05, 0) is 60.7 Å². The van der Waals surface area contributed by atoms with E-state index in [2.05, 4.69) is 100 Å². The summed E-state index contributed by atoms with van der Waals surface area (Å²) < 4.78 is 10.6. The summed E-state index contributed by atoms with van der Waals surface area (Å²) in [4.78, 5) is 10.2. The van der Waals surface area contributed by atoms with E-state index in [4.69, 9.17) is 14.4 Å². The maximum Gasteiger partial charge on any atom is 0.149 e. The predicted molar refractivity (Wildman–Crippen MR) is 158 cm³/mol. The Bertz CT molecular complexity index is 2390. The molecule has 5 aromatic heterocycles. The van der Waals surface area contributed by atoms with E-state index in [0.717, 1.165) is 77.3 Å². The Labute approximate surface area is 222 Å². The molecule has 0 aliphatic carbocycles. The molecule has 0 unspecified atom stereocenters. The van der Waals surface area contributed by atoms with E-state index in [1.54, 1.807) is 0 Å². The average molecular weight is 501 g/mol. The van der Waals surface area contributed by atoms with Crippen LogP contribution in [0.2, 0.25) is 0 Å². The lowest BCUT2D eigenvalue weighted by atomic mass is 10.1. The number of nitrogens with zero attached hydrogens (tertiary/aromatic N) is 4. The summed E-state index contributed by atoms with van der Waals surface area (Å²) in [5.74, 6) is 0. The summed E-state index contributed by atoms with van der Waals surface area (Å²) in [6.07, 6.45) is 1.86. The lowest BCUT2D eigenvalue weighted by Gasteiger charge is -2.09. The number of hydrogen-bond acceptors (Lipinski definition) is 3. The van der Waals surface area contributed by atoms with Crippen molar-refractivity contribution in [3.05, 3.63) is 121 Å². The first-order chi connectivity index (χ1) is 19.3. The highest BCUT2D eigenvalue weighted by Crippen LogP contribution is 2.38. The zero-order chi connectivity index (χ0) is 25.5. The first kappa shape index (κ1) is 20.6. The minimum absolute atomic E-state index is 0.881. The molecule has 0 saturated heterocycles. The molecule has 9 rings (SSSR count). The molecule has 0 atom stereocenters. The molecular formula is C34H20N4O. The number of fused-ring (bicyclic) bond motifs is 9. The second-order valence-electron chi connectivity index (χ2n) is 9.90. The molecule has 182 valence electrons. The Morgan fingerprint density at radius 3 is 2.13 bits per heavy atom. The van der Waals surface area contributed by atoms with Gasteiger partial charge >= 0.3 is 0 Å². The van der Waals surface area contributed by atoms with Crippen molar-refractivity contribution in [2.45, 2.75) is 0 Å². The fourth-order valence-corrected chi connectivity index (χ4v) is 6.07. The van der Waals surface area contributed by atoms with Gasteiger partial charge in [0.05, 0.1) is 16.6 Å². The maximum absolute atomic E-state index is 6.12. The number of hydrogen-bond donors (Lipinski definition) is 0. The summed E-state index contributed by atoms with van der Waals surface area (Å²) >= 11 is 0. The quantitative estimate of drug-likeness (QED) is 0.239. The fraction of sp³-hybridized carbons (Fsp3) is 0. The van der Waals surface area contributed by atoms with Gasteiger partial charge in [-0.15, -0.1) is 0 Å². The normalized spacial score (nSPS) is 12.1. The van der Waals surface area contributed by atoms with E-state index in [-0.39, 0.29) is 0 Å². The number of para-hydroxylation sites is 3. The molecule has 0 saturated carbocycles. The van der Waals surface area contributed by atoms with Crippen molar-refractivity contribution >= 4 is 65.9 Å². The molecule has 0 N–H and O–H groups in total. The first-order valence-corrected chi connectivity index (χ1v) is 13.0. The van der Waals surface area contributed by atoms with Crippen LogP contribution >= 0.6 is 0 Å². The smallest absolute Gasteiger partial charge is 0.149 e. The highest BCUT2D eigenvalue weighted by molar-refractivity contribution is 6.16. The number of benzene rings is 4. The monoisotopic (exact) mass is 500 g/mol. The van der Waals surface area contributed by atoms with E-state index in [9.17, 15) is 0 Å². The summed E-state index contributed by atoms with van der Waals surface area (Å²) in [5, 5.41) is 5.52. The predicted octanol–water partition coefficient (Wildman–Crippen LogP) is 8.57. The molecule has 0 aliphatic rings. The van der Waals surface area contributed by atoms with Crippen molar-refractivity contribution in [3.8, 4) is 11.4 Å². The fourth-order valence-electron chi connectivity index (χ4n) is 6.07. The zero-order valence-corrected chi connectivity index (χ0v) is 20.7. The van der Waals surface area contributed by atoms with Crippen LogP contribution in [0.3, 0.4) is 0 Å². The summed E-state index contributed by atoms with van der Waals surface area (Å²) in [5.41, 5.74) is 8.80. The van der Waals surface area contributed by atoms with Crippen LogP contribution in [0.25, 0.3) is 77.3 Å². The Hall–Kier alpha value is -5.42. The van der Waals surface area contributed by atoms with Gasteiger partial charge in [-0.25, -0.2) is 4.98 Å². The molecule has 39 heavy (non-hydrogen) atoms. The molecule has 0 amide bonds. The van der Waals surface area contributed by atoms with Gasteiger partial charge in [0.25, 0.3) is 0 Å². The van der Waals surface area contributed by atoms with E-state index < -0.39 is 0 Å². The topological polar surface area (TPSA) is 48.8 Å². The van der Waals surface area contributed by atoms with Gasteiger partial charge in [0.1, 0.15) is 22.5 Å². The van der Waals surface area contributed by atoms with Crippen LogP contribution in [0.15, 0.2) is 126 Å². The summed E-state index contributed by atoms with van der Waals surface area (Å²) in [7, 11) is 0. The van der Waals surface area contributed by atoms with Crippen LogP contribution in [0.1, 0.15) is 0 Å². The van der Waals surface area contributed by atoms with Crippen molar-refractivity contribution in [3.63, 3.8) is 0 Å². The third-order valence-electron chi connectivity index (χ3n) is 7.76. The van der Waals surface area contributed by atoms with Crippen LogP contribution < -0.4 is 0 Å². The third kappa shape index (κ3) is 2.79. The minimum Gasteiger partial charge on any atom is -0.456 e. The largest absolute Gasteiger partial charge is 0.456 e. The molecule has 4 aromatic carbocycles. The number of aromatic nitrogens is 4. The van der Waals surface area contributed by atoms with Crippen molar-refractivity contribution in [2.24, 2.45) is 0 Å². The molecule has 0 bridgehead atoms. The van der Waals surface area contributed by atoms with Crippen molar-refractivity contribution in [2.75, 3.05) is 0 Å². The van der Waals surface area contributed by atoms with E-state index in [0.29, 0.717) is 0 Å². The van der Waals surface area contributed by atoms with Gasteiger partial charge in [0, 0.05) is 44.5 Å². The Morgan fingerprint density at radius 2 is 1.21 bits per heavy atom. The molecular weight excluding hydrogens is 480 g/mol. The molecule has 0 radical (unpaired) electrons. The maximum atomic E-state index is 6.12. The molecule has 5 heterocycles. The lowest BCUT2D eigenvalue weighted by molar-refractivity contribution is 0.669. The molecule has 9 aromatic rings. The van der Waals surface area contributed by atoms with Crippen LogP contribution in [-0.2, 0) is 0 Å². The highest BCUT2D eigenvalue weighted by atomic mass is 16.3. The number of rotatable bonds is 2. The number of furan rings is 1. The summed E-state index contributed by atoms with van der Waals surface area (Å²) in [6.45, 7) is 0. The van der Waals surface area contributed by atoms with Crippen LogP contribution in [0, 0.1) is 0 Å². The first-order valence-electron chi connectivity index (χ1n) is 13.0. The van der Waals surface area contributed by atoms with Gasteiger partial charge in [0.15, 0.2) is 0 Å². The van der Waals surface area contributed by atoms with Crippen LogP contribution in [0.5, 0.6) is 0 Å². The van der Waals surface area contributed by atoms with Crippen molar-refractivity contribution < 1.29 is 4.42 Å². The van der Waals surface area contributed by atoms with E-state index in [1.807, 2.05) is 30.5 Å². The van der Waals surface area contributed by atoms with Gasteiger partial charge in [-0.3, -0.25) is 14.1 Å². The van der Waals surface area contributed by atoms with E-state index >= 15 is 0 Å². The molecule has 5 nitrogen and oxygen atoms in total. The zero-order valence-electron chi connectivity index (χ0n) is 20.7. The van der Waals surface area contributed by atoms with Crippen molar-refractivity contribution in [1.82, 2.24) is 19.1 Å². The Kier molecular flexibility index (Phi) is 3.99. The SMILES string of the molecule is c1ccc(-n2c3cccnc3c3cc4c5ccccc5n(-c5ccc6oc7ccccc7c6c5)c4nc32)cc1. The lowest BCUT2D eigenvalue weighted by Crippen LogP contribution is -1.98. The van der Waals surface area contributed by atoms with Gasteiger partial charge in [0.2, 0.25) is 0 Å². The standard InChI is InChI=1S/C34H20N4O/c1-2-9-21(10-3-1)37-29-14-8-18-35-32(29)27-20-26-23-11-4-6-13-28(23)38(33(26)36-34(27)37)22-16-17-31-25(19-22)24-12-5-7-15-30(24)39-31/h1-20H. The second kappa shape index (κ2) is 7.55. The molecule has 0 spiro atoms. The Morgan fingerprint density at radius 1 is 0.487 bits per heavy atom. The minimum atomic E-state index is 0.881. The molecule has 0 fully saturated rings. The third-order valence-corrected chi connectivity index (χ3v) is 7.76. The van der Waals surface area contributed by atoms with E-state index in [1.165, 1.54) is 0 Å². The molecule has 0 aliphatic heterocycles. The van der Waals surface area contributed by atoms with Gasteiger partial charge in [-0.2, -0.15) is 0 Å². The second-order valence-corrected chi connectivity index (χ2v) is 9.90. The highest BCUT2D eigenvalue weighted by Gasteiger charge is 2.20. The van der Waals surface area contributed by atoms with Crippen molar-refractivity contribution in [1.29, 1.82) is 0 Å². The van der Waals surface area contributed by atoms with Crippen LogP contribution in [0.4, 0.5) is 0 Å². The average Bonchev–Trinajstić information content (AvgIpc) is 3.63. The van der Waals surface area contributed by atoms with Gasteiger partial charge in [-0.1, -0.05) is 54.6 Å². The van der Waals surface area contributed by atoms with Gasteiger partial charge < -0.3 is 4.42 Å².